The monoisotopic (exact) mass is 298 g/mol. The number of nitrogens with zero attached hydrogens (tertiary/aromatic N) is 1. The van der Waals surface area contributed by atoms with Crippen LogP contribution in [0.15, 0.2) is 4.99 Å². The molecule has 0 saturated heterocycles. The third kappa shape index (κ3) is 9.28. The number of hydrogen-bond acceptors (Lipinski definition) is 3. The Morgan fingerprint density at radius 1 is 1.10 bits per heavy atom. The van der Waals surface area contributed by atoms with Crippen LogP contribution in [0.2, 0.25) is 0 Å². The van der Waals surface area contributed by atoms with E-state index in [2.05, 4.69) is 27.9 Å². The Bertz CT molecular complexity index is 317. The number of carbonyl (C=O) groups excluding carboxylic acids is 1. The molecule has 3 N–H and O–H groups in total. The number of ether oxygens (including phenoxy) is 1. The molecule has 1 saturated carbocycles. The Morgan fingerprint density at radius 3 is 2.43 bits per heavy atom. The Hall–Kier alpha value is -1.30. The number of hydrogen-bond donors (Lipinski definition) is 3. The van der Waals surface area contributed by atoms with E-state index in [1.54, 1.807) is 7.05 Å². The molecule has 21 heavy (non-hydrogen) atoms. The van der Waals surface area contributed by atoms with Crippen LogP contribution in [0, 0.1) is 5.92 Å². The normalized spacial score (nSPS) is 14.9. The maximum atomic E-state index is 11.4. The molecule has 0 radical (unpaired) electrons. The first-order valence-corrected chi connectivity index (χ1v) is 8.08. The van der Waals surface area contributed by atoms with Gasteiger partial charge in [0.2, 0.25) is 5.91 Å². The van der Waals surface area contributed by atoms with Crippen LogP contribution in [-0.2, 0) is 9.53 Å². The van der Waals surface area contributed by atoms with E-state index in [-0.39, 0.29) is 11.8 Å². The maximum absolute atomic E-state index is 11.4. The summed E-state index contributed by atoms with van der Waals surface area (Å²) < 4.78 is 5.49. The topological polar surface area (TPSA) is 74.8 Å². The second-order valence-electron chi connectivity index (χ2n) is 5.31. The summed E-state index contributed by atoms with van der Waals surface area (Å²) >= 11 is 0. The zero-order valence-corrected chi connectivity index (χ0v) is 13.4. The highest BCUT2D eigenvalue weighted by atomic mass is 16.5. The van der Waals surface area contributed by atoms with Gasteiger partial charge in [-0.15, -0.1) is 0 Å². The smallest absolute Gasteiger partial charge is 0.223 e. The van der Waals surface area contributed by atoms with Gasteiger partial charge in [-0.25, -0.2) is 0 Å². The average Bonchev–Trinajstić information content (AvgIpc) is 3.33. The fraction of sp³-hybridized carbons (Fsp3) is 0.867. The molecule has 1 amide bonds. The molecule has 0 bridgehead atoms. The third-order valence-electron chi connectivity index (χ3n) is 3.29. The van der Waals surface area contributed by atoms with Crippen molar-refractivity contribution in [1.82, 2.24) is 16.0 Å². The molecule has 0 aliphatic heterocycles. The van der Waals surface area contributed by atoms with E-state index in [4.69, 9.17) is 4.74 Å². The van der Waals surface area contributed by atoms with E-state index in [9.17, 15) is 4.79 Å². The zero-order valence-electron chi connectivity index (χ0n) is 13.4. The van der Waals surface area contributed by atoms with Gasteiger partial charge >= 0.3 is 0 Å². The second kappa shape index (κ2) is 11.4. The Labute approximate surface area is 128 Å². The minimum atomic E-state index is 0.184. The summed E-state index contributed by atoms with van der Waals surface area (Å²) in [6.07, 6.45) is 5.35. The molecule has 0 aromatic rings. The number of guanidine groups is 1. The van der Waals surface area contributed by atoms with Gasteiger partial charge in [-0.05, 0) is 25.7 Å². The number of amides is 1. The molecular weight excluding hydrogens is 268 g/mol. The lowest BCUT2D eigenvalue weighted by molar-refractivity contribution is -0.122. The summed E-state index contributed by atoms with van der Waals surface area (Å²) in [4.78, 5) is 15.6. The van der Waals surface area contributed by atoms with Crippen LogP contribution < -0.4 is 16.0 Å². The van der Waals surface area contributed by atoms with Crippen molar-refractivity contribution in [2.45, 2.75) is 39.0 Å². The van der Waals surface area contributed by atoms with E-state index in [0.717, 1.165) is 51.4 Å². The summed E-state index contributed by atoms with van der Waals surface area (Å²) in [5.74, 6) is 1.23. The molecule has 1 fully saturated rings. The quantitative estimate of drug-likeness (QED) is 0.301. The lowest BCUT2D eigenvalue weighted by Crippen LogP contribution is -2.42. The number of rotatable bonds is 11. The second-order valence-corrected chi connectivity index (χ2v) is 5.31. The van der Waals surface area contributed by atoms with Crippen molar-refractivity contribution in [3.05, 3.63) is 0 Å². The molecule has 0 heterocycles. The summed E-state index contributed by atoms with van der Waals surface area (Å²) in [5, 5.41) is 9.32. The Morgan fingerprint density at radius 2 is 1.76 bits per heavy atom. The predicted octanol–water partition coefficient (Wildman–Crippen LogP) is 0.884. The highest BCUT2D eigenvalue weighted by Crippen LogP contribution is 2.28. The van der Waals surface area contributed by atoms with Crippen molar-refractivity contribution >= 4 is 11.9 Å². The van der Waals surface area contributed by atoms with Crippen molar-refractivity contribution in [3.8, 4) is 0 Å². The van der Waals surface area contributed by atoms with Gasteiger partial charge in [-0.3, -0.25) is 9.79 Å². The minimum Gasteiger partial charge on any atom is -0.381 e. The van der Waals surface area contributed by atoms with Crippen LogP contribution in [0.1, 0.15) is 39.0 Å². The van der Waals surface area contributed by atoms with Crippen LogP contribution in [0.4, 0.5) is 0 Å². The van der Waals surface area contributed by atoms with E-state index < -0.39 is 0 Å². The SMILES string of the molecule is CCCCOCCCNC(=NC)NCCNC(=O)C1CC1. The van der Waals surface area contributed by atoms with Gasteiger partial charge in [0.1, 0.15) is 0 Å². The van der Waals surface area contributed by atoms with E-state index in [1.807, 2.05) is 0 Å². The molecular formula is C15H30N4O2. The van der Waals surface area contributed by atoms with Crippen LogP contribution in [0.25, 0.3) is 0 Å². The fourth-order valence-corrected chi connectivity index (χ4v) is 1.81. The first kappa shape index (κ1) is 17.8. The molecule has 1 rings (SSSR count). The standard InChI is InChI=1S/C15H30N4O2/c1-3-4-11-21-12-5-8-18-15(16-2)19-10-9-17-14(20)13-6-7-13/h13H,3-12H2,1-2H3,(H,17,20)(H2,16,18,19). The van der Waals surface area contributed by atoms with Crippen LogP contribution in [-0.4, -0.2) is 51.8 Å². The zero-order chi connectivity index (χ0) is 15.3. The molecule has 122 valence electrons. The molecule has 6 heteroatoms. The van der Waals surface area contributed by atoms with Gasteiger partial charge in [0.05, 0.1) is 0 Å². The largest absolute Gasteiger partial charge is 0.381 e. The van der Waals surface area contributed by atoms with Gasteiger partial charge in [0.15, 0.2) is 5.96 Å². The van der Waals surface area contributed by atoms with E-state index >= 15 is 0 Å². The molecule has 0 aromatic carbocycles. The molecule has 6 nitrogen and oxygen atoms in total. The van der Waals surface area contributed by atoms with Gasteiger partial charge in [0, 0.05) is 45.8 Å². The molecule has 1 aliphatic rings. The van der Waals surface area contributed by atoms with Crippen molar-refractivity contribution in [3.63, 3.8) is 0 Å². The number of aliphatic imine (C=N–C) groups is 1. The molecule has 0 unspecified atom stereocenters. The average molecular weight is 298 g/mol. The summed E-state index contributed by atoms with van der Waals surface area (Å²) in [6, 6.07) is 0. The van der Waals surface area contributed by atoms with Crippen molar-refractivity contribution in [2.24, 2.45) is 10.9 Å². The van der Waals surface area contributed by atoms with Crippen molar-refractivity contribution < 1.29 is 9.53 Å². The molecule has 0 aromatic heterocycles. The third-order valence-corrected chi connectivity index (χ3v) is 3.29. The lowest BCUT2D eigenvalue weighted by Gasteiger charge is -2.12. The van der Waals surface area contributed by atoms with Gasteiger partial charge in [-0.2, -0.15) is 0 Å². The van der Waals surface area contributed by atoms with Crippen LogP contribution >= 0.6 is 0 Å². The Balaban J connectivity index is 1.92. The van der Waals surface area contributed by atoms with Gasteiger partial charge in [-0.1, -0.05) is 13.3 Å². The number of unbranched alkanes of at least 4 members (excludes halogenated alkanes) is 1. The summed E-state index contributed by atoms with van der Waals surface area (Å²) in [6.45, 7) is 5.95. The van der Waals surface area contributed by atoms with E-state index in [1.165, 1.54) is 6.42 Å². The van der Waals surface area contributed by atoms with Gasteiger partial charge in [0.25, 0.3) is 0 Å². The maximum Gasteiger partial charge on any atom is 0.223 e. The Kier molecular flexibility index (Phi) is 9.61. The summed E-state index contributed by atoms with van der Waals surface area (Å²) in [5.41, 5.74) is 0. The highest BCUT2D eigenvalue weighted by Gasteiger charge is 2.28. The summed E-state index contributed by atoms with van der Waals surface area (Å²) in [7, 11) is 1.75. The lowest BCUT2D eigenvalue weighted by atomic mass is 10.4. The first-order chi connectivity index (χ1) is 10.3. The molecule has 1 aliphatic carbocycles. The van der Waals surface area contributed by atoms with Crippen molar-refractivity contribution in [2.75, 3.05) is 39.9 Å². The number of nitrogens with one attached hydrogen (secondary N) is 3. The van der Waals surface area contributed by atoms with Crippen LogP contribution in [0.3, 0.4) is 0 Å². The minimum absolute atomic E-state index is 0.184. The highest BCUT2D eigenvalue weighted by molar-refractivity contribution is 5.81. The first-order valence-electron chi connectivity index (χ1n) is 8.08. The molecule has 0 spiro atoms. The number of carbonyl (C=O) groups is 1. The van der Waals surface area contributed by atoms with Crippen molar-refractivity contribution in [1.29, 1.82) is 0 Å². The van der Waals surface area contributed by atoms with E-state index in [0.29, 0.717) is 13.1 Å². The predicted molar refractivity (Wildman–Crippen MR) is 85.4 cm³/mol. The fourth-order valence-electron chi connectivity index (χ4n) is 1.81. The van der Waals surface area contributed by atoms with Crippen LogP contribution in [0.5, 0.6) is 0 Å². The molecule has 0 atom stereocenters. The van der Waals surface area contributed by atoms with Gasteiger partial charge < -0.3 is 20.7 Å².